The predicted molar refractivity (Wildman–Crippen MR) is 69.2 cm³/mol. The Balaban J connectivity index is 2.01. The number of carbonyl (C=O) groups excluding carboxylic acids is 1. The first kappa shape index (κ1) is 13.0. The molecule has 4 nitrogen and oxygen atoms in total. The van der Waals surface area contributed by atoms with Crippen molar-refractivity contribution in [2.45, 2.75) is 18.9 Å². The standard InChI is InChI=1S/C12H15FN2O2S/c13-8-1-2-10(11(14)7-8)12(16)15-9-3-5-18(17)6-4-9/h1-2,7,9H,3-6,14H2,(H,15,16). The molecular weight excluding hydrogens is 255 g/mol. The van der Waals surface area contributed by atoms with Crippen LogP contribution in [0, 0.1) is 5.82 Å². The molecule has 1 fully saturated rings. The van der Waals surface area contributed by atoms with E-state index in [1.165, 1.54) is 12.1 Å². The lowest BCUT2D eigenvalue weighted by atomic mass is 10.1. The molecule has 1 amide bonds. The van der Waals surface area contributed by atoms with E-state index in [-0.39, 0.29) is 23.2 Å². The largest absolute Gasteiger partial charge is 0.398 e. The molecule has 1 aliphatic heterocycles. The summed E-state index contributed by atoms with van der Waals surface area (Å²) in [5.41, 5.74) is 6.01. The van der Waals surface area contributed by atoms with Crippen LogP contribution in [0.4, 0.5) is 10.1 Å². The molecule has 0 radical (unpaired) electrons. The summed E-state index contributed by atoms with van der Waals surface area (Å²) in [6, 6.07) is 3.74. The Kier molecular flexibility index (Phi) is 3.96. The van der Waals surface area contributed by atoms with Crippen LogP contribution in [0.5, 0.6) is 0 Å². The molecule has 1 aromatic carbocycles. The molecule has 18 heavy (non-hydrogen) atoms. The molecular formula is C12H15FN2O2S. The highest BCUT2D eigenvalue weighted by atomic mass is 32.2. The van der Waals surface area contributed by atoms with E-state index < -0.39 is 16.6 Å². The number of anilines is 1. The van der Waals surface area contributed by atoms with Crippen molar-refractivity contribution in [2.75, 3.05) is 17.2 Å². The molecule has 3 N–H and O–H groups in total. The van der Waals surface area contributed by atoms with Crippen molar-refractivity contribution in [1.82, 2.24) is 5.32 Å². The van der Waals surface area contributed by atoms with Crippen LogP contribution in [-0.4, -0.2) is 27.7 Å². The number of nitrogen functional groups attached to an aromatic ring is 1. The maximum Gasteiger partial charge on any atom is 0.253 e. The highest BCUT2D eigenvalue weighted by Gasteiger charge is 2.20. The third-order valence-corrected chi connectivity index (χ3v) is 4.36. The van der Waals surface area contributed by atoms with Crippen molar-refractivity contribution in [3.8, 4) is 0 Å². The molecule has 0 spiro atoms. The Morgan fingerprint density at radius 3 is 2.67 bits per heavy atom. The van der Waals surface area contributed by atoms with Crippen molar-refractivity contribution in [2.24, 2.45) is 0 Å². The number of hydrogen-bond donors (Lipinski definition) is 2. The van der Waals surface area contributed by atoms with Gasteiger partial charge in [-0.2, -0.15) is 0 Å². The van der Waals surface area contributed by atoms with Gasteiger partial charge in [0.2, 0.25) is 0 Å². The van der Waals surface area contributed by atoms with Crippen LogP contribution in [0.25, 0.3) is 0 Å². The molecule has 1 saturated heterocycles. The second kappa shape index (κ2) is 5.48. The lowest BCUT2D eigenvalue weighted by Crippen LogP contribution is -2.39. The average Bonchev–Trinajstić information content (AvgIpc) is 2.32. The summed E-state index contributed by atoms with van der Waals surface area (Å²) >= 11 is 0. The van der Waals surface area contributed by atoms with Gasteiger partial charge in [0.25, 0.3) is 5.91 Å². The van der Waals surface area contributed by atoms with E-state index in [4.69, 9.17) is 5.73 Å². The molecule has 1 aromatic rings. The maximum atomic E-state index is 12.9. The van der Waals surface area contributed by atoms with Gasteiger partial charge in [-0.05, 0) is 31.0 Å². The fourth-order valence-corrected chi connectivity index (χ4v) is 3.24. The van der Waals surface area contributed by atoms with Crippen molar-refractivity contribution < 1.29 is 13.4 Å². The van der Waals surface area contributed by atoms with Gasteiger partial charge in [0, 0.05) is 34.0 Å². The monoisotopic (exact) mass is 270 g/mol. The Labute approximate surface area is 107 Å². The molecule has 0 aliphatic carbocycles. The summed E-state index contributed by atoms with van der Waals surface area (Å²) in [7, 11) is -0.753. The summed E-state index contributed by atoms with van der Waals surface area (Å²) in [5.74, 6) is 0.468. The first-order valence-corrected chi connectivity index (χ1v) is 7.26. The van der Waals surface area contributed by atoms with Gasteiger partial charge in [-0.1, -0.05) is 0 Å². The third kappa shape index (κ3) is 3.07. The Morgan fingerprint density at radius 1 is 1.39 bits per heavy atom. The topological polar surface area (TPSA) is 72.2 Å². The van der Waals surface area contributed by atoms with E-state index in [0.29, 0.717) is 24.3 Å². The van der Waals surface area contributed by atoms with Crippen LogP contribution in [0.1, 0.15) is 23.2 Å². The molecule has 6 heteroatoms. The van der Waals surface area contributed by atoms with Crippen LogP contribution in [0.3, 0.4) is 0 Å². The van der Waals surface area contributed by atoms with Crippen molar-refractivity contribution in [3.63, 3.8) is 0 Å². The molecule has 1 heterocycles. The summed E-state index contributed by atoms with van der Waals surface area (Å²) < 4.78 is 24.1. The fraction of sp³-hybridized carbons (Fsp3) is 0.417. The molecule has 1 aliphatic rings. The molecule has 98 valence electrons. The zero-order chi connectivity index (χ0) is 13.1. The Hall–Kier alpha value is -1.43. The van der Waals surface area contributed by atoms with Crippen molar-refractivity contribution in [3.05, 3.63) is 29.6 Å². The normalized spacial score (nSPS) is 23.6. The highest BCUT2D eigenvalue weighted by Crippen LogP contribution is 2.15. The number of hydrogen-bond acceptors (Lipinski definition) is 3. The predicted octanol–water partition coefficient (Wildman–Crippen LogP) is 1.05. The maximum absolute atomic E-state index is 12.9. The number of amides is 1. The van der Waals surface area contributed by atoms with Crippen LogP contribution in [0.2, 0.25) is 0 Å². The van der Waals surface area contributed by atoms with Gasteiger partial charge in [0.05, 0.1) is 5.56 Å². The van der Waals surface area contributed by atoms with Crippen LogP contribution < -0.4 is 11.1 Å². The first-order valence-electron chi connectivity index (χ1n) is 5.77. The summed E-state index contributed by atoms with van der Waals surface area (Å²) in [6.07, 6.45) is 1.42. The van der Waals surface area contributed by atoms with E-state index in [1.54, 1.807) is 0 Å². The summed E-state index contributed by atoms with van der Waals surface area (Å²) in [4.78, 5) is 11.9. The number of benzene rings is 1. The molecule has 2 rings (SSSR count). The van der Waals surface area contributed by atoms with Crippen molar-refractivity contribution >= 4 is 22.4 Å². The second-order valence-corrected chi connectivity index (χ2v) is 6.02. The fourth-order valence-electron chi connectivity index (χ4n) is 1.94. The SMILES string of the molecule is Nc1cc(F)ccc1C(=O)NC1CCS(=O)CC1. The number of nitrogens with one attached hydrogen (secondary N) is 1. The molecule has 0 aromatic heterocycles. The van der Waals surface area contributed by atoms with E-state index >= 15 is 0 Å². The number of nitrogens with two attached hydrogens (primary N) is 1. The van der Waals surface area contributed by atoms with Gasteiger partial charge >= 0.3 is 0 Å². The quantitative estimate of drug-likeness (QED) is 0.789. The smallest absolute Gasteiger partial charge is 0.253 e. The summed E-state index contributed by atoms with van der Waals surface area (Å²) in [6.45, 7) is 0. The van der Waals surface area contributed by atoms with E-state index in [9.17, 15) is 13.4 Å². The zero-order valence-electron chi connectivity index (χ0n) is 9.82. The Morgan fingerprint density at radius 2 is 2.06 bits per heavy atom. The number of halogens is 1. The van der Waals surface area contributed by atoms with Crippen LogP contribution >= 0.6 is 0 Å². The highest BCUT2D eigenvalue weighted by molar-refractivity contribution is 7.85. The average molecular weight is 270 g/mol. The Bertz CT molecular complexity index is 483. The van der Waals surface area contributed by atoms with Gasteiger partial charge in [-0.3, -0.25) is 9.00 Å². The van der Waals surface area contributed by atoms with Crippen molar-refractivity contribution in [1.29, 1.82) is 0 Å². The zero-order valence-corrected chi connectivity index (χ0v) is 10.6. The third-order valence-electron chi connectivity index (χ3n) is 2.98. The van der Waals surface area contributed by atoms with E-state index in [0.717, 1.165) is 6.07 Å². The summed E-state index contributed by atoms with van der Waals surface area (Å²) in [5, 5.41) is 2.84. The van der Waals surface area contributed by atoms with Crippen LogP contribution in [0.15, 0.2) is 18.2 Å². The molecule has 0 unspecified atom stereocenters. The number of carbonyl (C=O) groups is 1. The molecule has 0 saturated carbocycles. The van der Waals surface area contributed by atoms with Gasteiger partial charge in [-0.15, -0.1) is 0 Å². The minimum absolute atomic E-state index is 0.0275. The van der Waals surface area contributed by atoms with E-state index in [2.05, 4.69) is 5.32 Å². The van der Waals surface area contributed by atoms with Gasteiger partial charge in [-0.25, -0.2) is 4.39 Å². The lowest BCUT2D eigenvalue weighted by Gasteiger charge is -2.22. The van der Waals surface area contributed by atoms with Gasteiger partial charge < -0.3 is 11.1 Å². The van der Waals surface area contributed by atoms with E-state index in [1.807, 2.05) is 0 Å². The second-order valence-electron chi connectivity index (χ2n) is 4.33. The molecule has 0 bridgehead atoms. The minimum atomic E-state index is -0.753. The number of rotatable bonds is 2. The van der Waals surface area contributed by atoms with Crippen LogP contribution in [-0.2, 0) is 10.8 Å². The van der Waals surface area contributed by atoms with Gasteiger partial charge in [0.15, 0.2) is 0 Å². The lowest BCUT2D eigenvalue weighted by molar-refractivity contribution is 0.0935. The first-order chi connectivity index (χ1) is 8.56. The van der Waals surface area contributed by atoms with Gasteiger partial charge in [0.1, 0.15) is 5.82 Å². The molecule has 0 atom stereocenters. The minimum Gasteiger partial charge on any atom is -0.398 e.